The number of hydrogen-bond acceptors (Lipinski definition) is 3. The van der Waals surface area contributed by atoms with E-state index in [1.54, 1.807) is 11.6 Å². The summed E-state index contributed by atoms with van der Waals surface area (Å²) in [6.07, 6.45) is 0. The molecular formula is C16H21N3O2. The minimum atomic E-state index is -0.388. The smallest absolute Gasteiger partial charge is 0.255 e. The average Bonchev–Trinajstić information content (AvgIpc) is 2.43. The van der Waals surface area contributed by atoms with Gasteiger partial charge in [0.15, 0.2) is 0 Å². The molecule has 0 radical (unpaired) electrons. The molecule has 5 nitrogen and oxygen atoms in total. The Labute approximate surface area is 124 Å². The molecule has 0 saturated carbocycles. The van der Waals surface area contributed by atoms with Crippen molar-refractivity contribution in [3.8, 4) is 0 Å². The summed E-state index contributed by atoms with van der Waals surface area (Å²) in [5.74, 6) is -0.388. The Balaban J connectivity index is 2.44. The van der Waals surface area contributed by atoms with Crippen LogP contribution in [0.1, 0.15) is 19.4 Å². The highest BCUT2D eigenvalue weighted by Crippen LogP contribution is 2.14. The zero-order valence-corrected chi connectivity index (χ0v) is 12.7. The van der Waals surface area contributed by atoms with E-state index in [0.717, 1.165) is 10.9 Å². The number of primary amides is 1. The number of hydrogen-bond donors (Lipinski definition) is 1. The molecule has 2 aromatic rings. The lowest BCUT2D eigenvalue weighted by Crippen LogP contribution is -2.39. The Morgan fingerprint density at radius 3 is 2.62 bits per heavy atom. The van der Waals surface area contributed by atoms with Crippen LogP contribution in [0.25, 0.3) is 10.9 Å². The van der Waals surface area contributed by atoms with E-state index in [1.807, 2.05) is 49.1 Å². The van der Waals surface area contributed by atoms with Gasteiger partial charge in [-0.1, -0.05) is 18.2 Å². The second-order valence-electron chi connectivity index (χ2n) is 5.56. The maximum atomic E-state index is 12.4. The standard InChI is InChI=1S/C16H21N3O2/c1-11(2)19(10-15(17)20)9-13-8-12-6-4-5-7-14(12)18(3)16(13)21/h4-8,11H,9-10H2,1-3H3,(H2,17,20). The van der Waals surface area contributed by atoms with Gasteiger partial charge in [-0.25, -0.2) is 0 Å². The quantitative estimate of drug-likeness (QED) is 0.899. The van der Waals surface area contributed by atoms with E-state index in [9.17, 15) is 9.59 Å². The van der Waals surface area contributed by atoms with Crippen LogP contribution >= 0.6 is 0 Å². The van der Waals surface area contributed by atoms with E-state index < -0.39 is 0 Å². The molecule has 0 unspecified atom stereocenters. The Morgan fingerprint density at radius 2 is 2.00 bits per heavy atom. The van der Waals surface area contributed by atoms with Crippen molar-refractivity contribution in [2.75, 3.05) is 6.54 Å². The fraction of sp³-hybridized carbons (Fsp3) is 0.375. The number of pyridine rings is 1. The molecule has 5 heteroatoms. The van der Waals surface area contributed by atoms with Crippen LogP contribution in [0.5, 0.6) is 0 Å². The predicted molar refractivity (Wildman–Crippen MR) is 83.9 cm³/mol. The van der Waals surface area contributed by atoms with E-state index in [2.05, 4.69) is 0 Å². The largest absolute Gasteiger partial charge is 0.369 e. The summed E-state index contributed by atoms with van der Waals surface area (Å²) < 4.78 is 1.65. The van der Waals surface area contributed by atoms with Crippen LogP contribution in [0.4, 0.5) is 0 Å². The van der Waals surface area contributed by atoms with E-state index in [1.165, 1.54) is 0 Å². The normalized spacial score (nSPS) is 11.5. The van der Waals surface area contributed by atoms with Gasteiger partial charge in [-0.15, -0.1) is 0 Å². The second kappa shape index (κ2) is 6.10. The molecule has 0 aliphatic carbocycles. The van der Waals surface area contributed by atoms with Gasteiger partial charge < -0.3 is 10.3 Å². The van der Waals surface area contributed by atoms with E-state index in [-0.39, 0.29) is 24.1 Å². The van der Waals surface area contributed by atoms with Crippen molar-refractivity contribution in [2.24, 2.45) is 12.8 Å². The number of rotatable bonds is 5. The molecule has 2 rings (SSSR count). The molecule has 0 saturated heterocycles. The van der Waals surface area contributed by atoms with Gasteiger partial charge in [0.2, 0.25) is 5.91 Å². The summed E-state index contributed by atoms with van der Waals surface area (Å²) in [6.45, 7) is 4.52. The Bertz CT molecular complexity index is 719. The summed E-state index contributed by atoms with van der Waals surface area (Å²) in [4.78, 5) is 25.5. The van der Waals surface area contributed by atoms with Gasteiger partial charge in [-0.05, 0) is 31.4 Å². The third kappa shape index (κ3) is 3.31. The number of nitrogens with zero attached hydrogens (tertiary/aromatic N) is 2. The first kappa shape index (κ1) is 15.3. The number of amides is 1. The lowest BCUT2D eigenvalue weighted by molar-refractivity contribution is -0.119. The maximum Gasteiger partial charge on any atom is 0.255 e. The molecule has 0 atom stereocenters. The molecule has 0 fully saturated rings. The molecule has 0 aliphatic rings. The number of aromatic nitrogens is 1. The number of carbonyl (C=O) groups excluding carboxylic acids is 1. The summed E-state index contributed by atoms with van der Waals surface area (Å²) in [6, 6.07) is 9.79. The molecule has 1 aromatic heterocycles. The molecule has 0 bridgehead atoms. The Kier molecular flexibility index (Phi) is 4.43. The summed E-state index contributed by atoms with van der Waals surface area (Å²) in [5, 5.41) is 1.01. The minimum absolute atomic E-state index is 0.0381. The SMILES string of the molecule is CC(C)N(CC(N)=O)Cc1cc2ccccc2n(C)c1=O. The van der Waals surface area contributed by atoms with Crippen LogP contribution in [-0.2, 0) is 18.4 Å². The fourth-order valence-corrected chi connectivity index (χ4v) is 2.44. The molecule has 1 aromatic carbocycles. The van der Waals surface area contributed by atoms with Crippen LogP contribution in [0, 0.1) is 0 Å². The first-order valence-electron chi connectivity index (χ1n) is 7.00. The summed E-state index contributed by atoms with van der Waals surface area (Å²) >= 11 is 0. The third-order valence-corrected chi connectivity index (χ3v) is 3.67. The van der Waals surface area contributed by atoms with Crippen molar-refractivity contribution in [1.82, 2.24) is 9.47 Å². The topological polar surface area (TPSA) is 68.3 Å². The van der Waals surface area contributed by atoms with Gasteiger partial charge in [-0.3, -0.25) is 14.5 Å². The average molecular weight is 287 g/mol. The van der Waals surface area contributed by atoms with Gasteiger partial charge in [-0.2, -0.15) is 0 Å². The van der Waals surface area contributed by atoms with Crippen LogP contribution in [0.15, 0.2) is 35.1 Å². The van der Waals surface area contributed by atoms with E-state index >= 15 is 0 Å². The first-order chi connectivity index (χ1) is 9.90. The van der Waals surface area contributed by atoms with Crippen molar-refractivity contribution in [2.45, 2.75) is 26.4 Å². The van der Waals surface area contributed by atoms with Crippen molar-refractivity contribution in [3.63, 3.8) is 0 Å². The van der Waals surface area contributed by atoms with Crippen molar-refractivity contribution in [1.29, 1.82) is 0 Å². The summed E-state index contributed by atoms with van der Waals surface area (Å²) in [7, 11) is 1.77. The molecule has 1 amide bonds. The number of carbonyl (C=O) groups is 1. The molecular weight excluding hydrogens is 266 g/mol. The molecule has 21 heavy (non-hydrogen) atoms. The van der Waals surface area contributed by atoms with Crippen LogP contribution in [-0.4, -0.2) is 28.0 Å². The van der Waals surface area contributed by atoms with Crippen molar-refractivity contribution < 1.29 is 4.79 Å². The maximum absolute atomic E-state index is 12.4. The molecule has 2 N–H and O–H groups in total. The monoisotopic (exact) mass is 287 g/mol. The minimum Gasteiger partial charge on any atom is -0.369 e. The van der Waals surface area contributed by atoms with Crippen LogP contribution in [0.2, 0.25) is 0 Å². The van der Waals surface area contributed by atoms with E-state index in [4.69, 9.17) is 5.73 Å². The molecule has 1 heterocycles. The highest BCUT2D eigenvalue weighted by molar-refractivity contribution is 5.79. The third-order valence-electron chi connectivity index (χ3n) is 3.67. The zero-order chi connectivity index (χ0) is 15.6. The number of para-hydroxylation sites is 1. The number of benzene rings is 1. The van der Waals surface area contributed by atoms with Gasteiger partial charge in [0.25, 0.3) is 5.56 Å². The van der Waals surface area contributed by atoms with Crippen molar-refractivity contribution in [3.05, 3.63) is 46.2 Å². The van der Waals surface area contributed by atoms with Crippen LogP contribution < -0.4 is 11.3 Å². The van der Waals surface area contributed by atoms with Gasteiger partial charge in [0.05, 0.1) is 12.1 Å². The Morgan fingerprint density at radius 1 is 1.33 bits per heavy atom. The lowest BCUT2D eigenvalue weighted by atomic mass is 10.1. The van der Waals surface area contributed by atoms with Gasteiger partial charge in [0.1, 0.15) is 0 Å². The zero-order valence-electron chi connectivity index (χ0n) is 12.7. The lowest BCUT2D eigenvalue weighted by Gasteiger charge is -2.25. The summed E-state index contributed by atoms with van der Waals surface area (Å²) in [5.41, 5.74) is 6.81. The Hall–Kier alpha value is -2.14. The van der Waals surface area contributed by atoms with Gasteiger partial charge in [0, 0.05) is 25.2 Å². The fourth-order valence-electron chi connectivity index (χ4n) is 2.44. The molecule has 0 spiro atoms. The van der Waals surface area contributed by atoms with Crippen molar-refractivity contribution >= 4 is 16.8 Å². The molecule has 0 aliphatic heterocycles. The van der Waals surface area contributed by atoms with Gasteiger partial charge >= 0.3 is 0 Å². The van der Waals surface area contributed by atoms with Crippen LogP contribution in [0.3, 0.4) is 0 Å². The highest BCUT2D eigenvalue weighted by atomic mass is 16.1. The second-order valence-corrected chi connectivity index (χ2v) is 5.56. The van der Waals surface area contributed by atoms with E-state index in [0.29, 0.717) is 12.1 Å². The predicted octanol–water partition coefficient (Wildman–Crippen LogP) is 1.23. The number of aryl methyl sites for hydroxylation is 1. The number of nitrogens with two attached hydrogens (primary N) is 1. The highest BCUT2D eigenvalue weighted by Gasteiger charge is 2.15. The molecule has 112 valence electrons. The first-order valence-corrected chi connectivity index (χ1v) is 7.00. The number of fused-ring (bicyclic) bond motifs is 1.